The summed E-state index contributed by atoms with van der Waals surface area (Å²) in [5.74, 6) is 1.40. The Kier molecular flexibility index (Phi) is 3.84. The van der Waals surface area contributed by atoms with Crippen molar-refractivity contribution < 1.29 is 14.9 Å². The van der Waals surface area contributed by atoms with Gasteiger partial charge in [0, 0.05) is 6.54 Å². The van der Waals surface area contributed by atoms with Gasteiger partial charge in [-0.1, -0.05) is 24.3 Å². The molecule has 3 N–H and O–H groups in total. The van der Waals surface area contributed by atoms with Crippen molar-refractivity contribution in [1.29, 1.82) is 0 Å². The van der Waals surface area contributed by atoms with E-state index in [-0.39, 0.29) is 5.75 Å². The highest BCUT2D eigenvalue weighted by molar-refractivity contribution is 6.01. The lowest BCUT2D eigenvalue weighted by Gasteiger charge is -2.23. The van der Waals surface area contributed by atoms with Gasteiger partial charge in [0.25, 0.3) is 0 Å². The van der Waals surface area contributed by atoms with E-state index in [2.05, 4.69) is 10.5 Å². The number of phenols is 1. The van der Waals surface area contributed by atoms with Crippen molar-refractivity contribution in [3.63, 3.8) is 0 Å². The van der Waals surface area contributed by atoms with E-state index in [9.17, 15) is 10.2 Å². The van der Waals surface area contributed by atoms with Gasteiger partial charge in [0.1, 0.15) is 11.5 Å². The Labute approximate surface area is 128 Å². The Hall–Kier alpha value is -2.73. The molecule has 1 aliphatic rings. The van der Waals surface area contributed by atoms with Crippen molar-refractivity contribution in [3.8, 4) is 11.5 Å². The number of hydrogen-bond acceptors (Lipinski definition) is 6. The molecule has 0 fully saturated rings. The molecule has 114 valence electrons. The van der Waals surface area contributed by atoms with Crippen LogP contribution in [0.15, 0.2) is 53.6 Å². The molecule has 0 aromatic heterocycles. The van der Waals surface area contributed by atoms with Crippen LogP contribution in [0.2, 0.25) is 0 Å². The van der Waals surface area contributed by atoms with Crippen molar-refractivity contribution >= 4 is 5.84 Å². The lowest BCUT2D eigenvalue weighted by molar-refractivity contribution is 0.0372. The van der Waals surface area contributed by atoms with Crippen molar-refractivity contribution in [2.24, 2.45) is 5.10 Å². The molecular formula is C16H17N3O3. The summed E-state index contributed by atoms with van der Waals surface area (Å²) in [4.78, 5) is 1.68. The number of benzene rings is 2. The predicted octanol–water partition coefficient (Wildman–Crippen LogP) is 1.44. The summed E-state index contributed by atoms with van der Waals surface area (Å²) >= 11 is 0. The number of aromatic hydroxyl groups is 1. The molecule has 0 amide bonds. The minimum absolute atomic E-state index is 0.122. The number of rotatable bonds is 4. The van der Waals surface area contributed by atoms with Crippen molar-refractivity contribution in [3.05, 3.63) is 59.7 Å². The van der Waals surface area contributed by atoms with Crippen LogP contribution in [-0.2, 0) is 6.54 Å². The first-order valence-electron chi connectivity index (χ1n) is 6.88. The van der Waals surface area contributed by atoms with Gasteiger partial charge in [-0.15, -0.1) is 0 Å². The largest absolute Gasteiger partial charge is 0.507 e. The second-order valence-electron chi connectivity index (χ2n) is 4.93. The number of amidine groups is 1. The molecule has 0 radical (unpaired) electrons. The van der Waals surface area contributed by atoms with Crippen molar-refractivity contribution in [2.45, 2.75) is 12.9 Å². The molecule has 6 heteroatoms. The lowest BCUT2D eigenvalue weighted by Crippen LogP contribution is -2.39. The van der Waals surface area contributed by atoms with E-state index in [0.717, 1.165) is 11.3 Å². The number of hydrazone groups is 1. The lowest BCUT2D eigenvalue weighted by atomic mass is 10.1. The molecule has 1 atom stereocenters. The molecule has 1 heterocycles. The molecule has 0 aliphatic carbocycles. The molecule has 2 aromatic carbocycles. The molecule has 1 aliphatic heterocycles. The highest BCUT2D eigenvalue weighted by Gasteiger charge is 2.28. The van der Waals surface area contributed by atoms with Gasteiger partial charge in [0.15, 0.2) is 5.84 Å². The Morgan fingerprint density at radius 1 is 1.18 bits per heavy atom. The Balaban J connectivity index is 1.84. The van der Waals surface area contributed by atoms with Gasteiger partial charge in [-0.3, -0.25) is 5.43 Å². The van der Waals surface area contributed by atoms with Gasteiger partial charge < -0.3 is 19.8 Å². The number of nitrogens with zero attached hydrogens (tertiary/aromatic N) is 2. The fourth-order valence-corrected chi connectivity index (χ4v) is 2.34. The zero-order valence-electron chi connectivity index (χ0n) is 12.1. The van der Waals surface area contributed by atoms with Gasteiger partial charge in [0.2, 0.25) is 6.35 Å². The number of aliphatic hydroxyl groups is 1. The monoisotopic (exact) mass is 299 g/mol. The zero-order chi connectivity index (χ0) is 15.5. The molecule has 0 saturated heterocycles. The number of nitrogens with one attached hydrogen (secondary N) is 1. The van der Waals surface area contributed by atoms with Crippen LogP contribution in [0.25, 0.3) is 0 Å². The SMILES string of the molecule is COc1ccc(CN2C(c3ccccc3O)=NNC2O)cc1. The molecule has 2 aromatic rings. The van der Waals surface area contributed by atoms with Crippen molar-refractivity contribution in [2.75, 3.05) is 7.11 Å². The Morgan fingerprint density at radius 2 is 1.91 bits per heavy atom. The average Bonchev–Trinajstić information content (AvgIpc) is 2.90. The van der Waals surface area contributed by atoms with E-state index in [1.165, 1.54) is 0 Å². The summed E-state index contributed by atoms with van der Waals surface area (Å²) in [6, 6.07) is 14.5. The molecule has 0 saturated carbocycles. The summed E-state index contributed by atoms with van der Waals surface area (Å²) in [6.45, 7) is 0.450. The molecule has 6 nitrogen and oxygen atoms in total. The predicted molar refractivity (Wildman–Crippen MR) is 82.3 cm³/mol. The van der Waals surface area contributed by atoms with Crippen LogP contribution < -0.4 is 10.2 Å². The molecule has 3 rings (SSSR count). The summed E-state index contributed by atoms with van der Waals surface area (Å²) in [5, 5.41) is 24.2. The van der Waals surface area contributed by atoms with Crippen molar-refractivity contribution in [1.82, 2.24) is 10.3 Å². The van der Waals surface area contributed by atoms with Gasteiger partial charge in [-0.2, -0.15) is 5.10 Å². The minimum Gasteiger partial charge on any atom is -0.507 e. The van der Waals surface area contributed by atoms with E-state index >= 15 is 0 Å². The van der Waals surface area contributed by atoms with Gasteiger partial charge in [-0.05, 0) is 29.8 Å². The Morgan fingerprint density at radius 3 is 2.59 bits per heavy atom. The number of methoxy groups -OCH3 is 1. The molecule has 0 spiro atoms. The van der Waals surface area contributed by atoms with Gasteiger partial charge >= 0.3 is 0 Å². The van der Waals surface area contributed by atoms with E-state index in [1.54, 1.807) is 30.2 Å². The van der Waals surface area contributed by atoms with Crippen LogP contribution in [0.5, 0.6) is 11.5 Å². The van der Waals surface area contributed by atoms with E-state index in [1.807, 2.05) is 30.3 Å². The highest BCUT2D eigenvalue weighted by atomic mass is 16.5. The van der Waals surface area contributed by atoms with Crippen LogP contribution in [0, 0.1) is 0 Å². The third-order valence-corrected chi connectivity index (χ3v) is 3.51. The maximum atomic E-state index is 10.1. The summed E-state index contributed by atoms with van der Waals surface area (Å²) in [7, 11) is 1.62. The van der Waals surface area contributed by atoms with E-state index in [4.69, 9.17) is 4.74 Å². The standard InChI is InChI=1S/C16H17N3O3/c1-22-12-8-6-11(7-9-12)10-19-15(17-18-16(19)21)13-4-2-3-5-14(13)20/h2-9,16,18,20-21H,10H2,1H3. The zero-order valence-corrected chi connectivity index (χ0v) is 12.1. The summed E-state index contributed by atoms with van der Waals surface area (Å²) < 4.78 is 5.13. The normalized spacial score (nSPS) is 17.1. The van der Waals surface area contributed by atoms with Crippen LogP contribution >= 0.6 is 0 Å². The molecule has 0 bridgehead atoms. The molecule has 22 heavy (non-hydrogen) atoms. The quantitative estimate of drug-likeness (QED) is 0.796. The maximum absolute atomic E-state index is 10.1. The smallest absolute Gasteiger partial charge is 0.221 e. The summed E-state index contributed by atoms with van der Waals surface area (Å²) in [6.07, 6.45) is -0.934. The van der Waals surface area contributed by atoms with Crippen LogP contribution in [-0.4, -0.2) is 34.4 Å². The Bertz CT molecular complexity index is 685. The highest BCUT2D eigenvalue weighted by Crippen LogP contribution is 2.23. The number of phenolic OH excluding ortho intramolecular Hbond substituents is 1. The van der Waals surface area contributed by atoms with Crippen LogP contribution in [0.3, 0.4) is 0 Å². The second-order valence-corrected chi connectivity index (χ2v) is 4.93. The third kappa shape index (κ3) is 2.68. The fraction of sp³-hybridized carbons (Fsp3) is 0.188. The number of ether oxygens (including phenoxy) is 1. The second kappa shape index (κ2) is 5.95. The first-order chi connectivity index (χ1) is 10.7. The van der Waals surface area contributed by atoms with Crippen LogP contribution in [0.1, 0.15) is 11.1 Å². The van der Waals surface area contributed by atoms with E-state index < -0.39 is 6.35 Å². The number of para-hydroxylation sites is 1. The third-order valence-electron chi connectivity index (χ3n) is 3.51. The average molecular weight is 299 g/mol. The minimum atomic E-state index is -0.934. The van der Waals surface area contributed by atoms with Gasteiger partial charge in [-0.25, -0.2) is 0 Å². The molecular weight excluding hydrogens is 282 g/mol. The number of hydrogen-bond donors (Lipinski definition) is 3. The summed E-state index contributed by atoms with van der Waals surface area (Å²) in [5.41, 5.74) is 4.18. The topological polar surface area (TPSA) is 77.3 Å². The fourth-order valence-electron chi connectivity index (χ4n) is 2.34. The maximum Gasteiger partial charge on any atom is 0.221 e. The van der Waals surface area contributed by atoms with E-state index in [0.29, 0.717) is 17.9 Å². The number of aliphatic hydroxyl groups excluding tert-OH is 1. The first-order valence-corrected chi connectivity index (χ1v) is 6.88. The molecule has 1 unspecified atom stereocenters. The first kappa shape index (κ1) is 14.2. The van der Waals surface area contributed by atoms with Crippen LogP contribution in [0.4, 0.5) is 0 Å². The van der Waals surface area contributed by atoms with Gasteiger partial charge in [0.05, 0.1) is 12.7 Å².